The number of likely N-dealkylation sites (N-methyl/N-ethyl adjacent to an activating group) is 1. The molecule has 0 spiro atoms. The lowest BCUT2D eigenvalue weighted by Crippen LogP contribution is -2.43. The zero-order valence-corrected chi connectivity index (χ0v) is 26.3. The lowest BCUT2D eigenvalue weighted by molar-refractivity contribution is 0.148. The van der Waals surface area contributed by atoms with Crippen LogP contribution in [0, 0.1) is 0 Å². The second-order valence-corrected chi connectivity index (χ2v) is 12.9. The predicted molar refractivity (Wildman–Crippen MR) is 176 cm³/mol. The largest absolute Gasteiger partial charge is 0.497 e. The van der Waals surface area contributed by atoms with Crippen molar-refractivity contribution in [1.29, 1.82) is 0 Å². The van der Waals surface area contributed by atoms with Gasteiger partial charge < -0.3 is 19.5 Å². The number of piperazine rings is 1. The SMILES string of the molecule is COc1ccc(C(c2ccc(OC)cc2)n2nc(-c3ccc(CO)s3)c3c2-c2ccc(CN4CCN(C)CC4)cc2C3)cc1. The van der Waals surface area contributed by atoms with Gasteiger partial charge in [-0.15, -0.1) is 11.3 Å². The van der Waals surface area contributed by atoms with Crippen LogP contribution in [0.4, 0.5) is 0 Å². The first-order valence-corrected chi connectivity index (χ1v) is 16.0. The van der Waals surface area contributed by atoms with Crippen molar-refractivity contribution in [2.75, 3.05) is 47.4 Å². The minimum absolute atomic E-state index is 0.0315. The Labute approximate surface area is 262 Å². The average Bonchev–Trinajstić information content (AvgIpc) is 3.78. The van der Waals surface area contributed by atoms with Crippen LogP contribution in [0.2, 0.25) is 0 Å². The molecule has 5 aromatic rings. The number of thiophene rings is 1. The van der Waals surface area contributed by atoms with Crippen LogP contribution in [0.3, 0.4) is 0 Å². The Morgan fingerprint density at radius 3 is 2.09 bits per heavy atom. The van der Waals surface area contributed by atoms with Crippen LogP contribution in [-0.4, -0.2) is 72.1 Å². The minimum atomic E-state index is -0.164. The first-order valence-electron chi connectivity index (χ1n) is 15.2. The third kappa shape index (κ3) is 5.43. The summed E-state index contributed by atoms with van der Waals surface area (Å²) in [6.45, 7) is 5.44. The number of hydrogen-bond acceptors (Lipinski definition) is 7. The first-order chi connectivity index (χ1) is 21.5. The summed E-state index contributed by atoms with van der Waals surface area (Å²) in [5, 5.41) is 15.2. The highest BCUT2D eigenvalue weighted by molar-refractivity contribution is 7.15. The molecule has 7 nitrogen and oxygen atoms in total. The molecule has 1 aliphatic heterocycles. The van der Waals surface area contributed by atoms with Gasteiger partial charge in [0, 0.05) is 55.1 Å². The number of methoxy groups -OCH3 is 2. The number of hydrogen-bond donors (Lipinski definition) is 1. The molecule has 3 aromatic carbocycles. The molecule has 1 aliphatic carbocycles. The number of ether oxygens (including phenoxy) is 2. The van der Waals surface area contributed by atoms with E-state index >= 15 is 0 Å². The first kappa shape index (κ1) is 28.8. The second-order valence-electron chi connectivity index (χ2n) is 11.7. The third-order valence-electron chi connectivity index (χ3n) is 8.96. The maximum absolute atomic E-state index is 9.85. The van der Waals surface area contributed by atoms with Gasteiger partial charge in [-0.2, -0.15) is 5.10 Å². The number of rotatable bonds is 9. The molecule has 1 N–H and O–H groups in total. The summed E-state index contributed by atoms with van der Waals surface area (Å²) in [5.41, 5.74) is 9.60. The lowest BCUT2D eigenvalue weighted by Gasteiger charge is -2.32. The summed E-state index contributed by atoms with van der Waals surface area (Å²) in [6, 6.07) is 27.5. The van der Waals surface area contributed by atoms with Crippen molar-refractivity contribution >= 4 is 11.3 Å². The summed E-state index contributed by atoms with van der Waals surface area (Å²) in [7, 11) is 5.59. The molecule has 44 heavy (non-hydrogen) atoms. The van der Waals surface area contributed by atoms with Crippen LogP contribution in [0.5, 0.6) is 11.5 Å². The molecule has 2 aliphatic rings. The highest BCUT2D eigenvalue weighted by Crippen LogP contribution is 2.46. The number of benzene rings is 3. The van der Waals surface area contributed by atoms with Gasteiger partial charge in [-0.1, -0.05) is 42.5 Å². The molecule has 0 saturated carbocycles. The van der Waals surface area contributed by atoms with Crippen molar-refractivity contribution < 1.29 is 14.6 Å². The van der Waals surface area contributed by atoms with Gasteiger partial charge >= 0.3 is 0 Å². The average molecular weight is 607 g/mol. The number of nitrogens with zero attached hydrogens (tertiary/aromatic N) is 4. The maximum atomic E-state index is 9.85. The van der Waals surface area contributed by atoms with E-state index in [0.29, 0.717) is 0 Å². The predicted octanol–water partition coefficient (Wildman–Crippen LogP) is 6.08. The minimum Gasteiger partial charge on any atom is -0.497 e. The number of aromatic nitrogens is 2. The van der Waals surface area contributed by atoms with E-state index in [1.165, 1.54) is 22.3 Å². The zero-order valence-electron chi connectivity index (χ0n) is 25.5. The van der Waals surface area contributed by atoms with E-state index in [2.05, 4.69) is 70.1 Å². The van der Waals surface area contributed by atoms with Crippen LogP contribution in [0.1, 0.15) is 38.7 Å². The van der Waals surface area contributed by atoms with Crippen LogP contribution in [0.15, 0.2) is 78.9 Å². The van der Waals surface area contributed by atoms with E-state index in [-0.39, 0.29) is 12.6 Å². The number of aliphatic hydroxyl groups is 1. The normalized spacial score (nSPS) is 15.0. The second kappa shape index (κ2) is 12.2. The quantitative estimate of drug-likeness (QED) is 0.215. The van der Waals surface area contributed by atoms with Crippen molar-refractivity contribution in [3.05, 3.63) is 112 Å². The molecular formula is C36H38N4O3S. The van der Waals surface area contributed by atoms with Gasteiger partial charge in [0.15, 0.2) is 0 Å². The summed E-state index contributed by atoms with van der Waals surface area (Å²) in [5.74, 6) is 1.64. The van der Waals surface area contributed by atoms with Crippen LogP contribution in [0.25, 0.3) is 21.8 Å². The zero-order chi connectivity index (χ0) is 30.2. The van der Waals surface area contributed by atoms with Crippen molar-refractivity contribution in [3.8, 4) is 33.3 Å². The molecule has 1 saturated heterocycles. The number of aliphatic hydroxyl groups excluding tert-OH is 1. The van der Waals surface area contributed by atoms with E-state index in [0.717, 1.165) is 82.9 Å². The fraction of sp³-hybridized carbons (Fsp3) is 0.306. The topological polar surface area (TPSA) is 63.0 Å². The van der Waals surface area contributed by atoms with Gasteiger partial charge in [0.05, 0.1) is 31.4 Å². The summed E-state index contributed by atoms with van der Waals surface area (Å²) in [4.78, 5) is 6.98. The Balaban J connectivity index is 1.36. The number of fused-ring (bicyclic) bond motifs is 3. The molecule has 7 rings (SSSR count). The van der Waals surface area contributed by atoms with E-state index < -0.39 is 0 Å². The smallest absolute Gasteiger partial charge is 0.118 e. The molecule has 2 aromatic heterocycles. The van der Waals surface area contributed by atoms with Gasteiger partial charge in [-0.05, 0) is 65.7 Å². The monoisotopic (exact) mass is 606 g/mol. The molecule has 1 fully saturated rings. The molecule has 0 radical (unpaired) electrons. The van der Waals surface area contributed by atoms with Crippen LogP contribution in [-0.2, 0) is 19.6 Å². The molecule has 0 unspecified atom stereocenters. The molecular weight excluding hydrogens is 568 g/mol. The van der Waals surface area contributed by atoms with Crippen molar-refractivity contribution in [1.82, 2.24) is 19.6 Å². The van der Waals surface area contributed by atoms with Crippen molar-refractivity contribution in [2.45, 2.75) is 25.6 Å². The molecule has 0 amide bonds. The fourth-order valence-corrected chi connectivity index (χ4v) is 7.40. The van der Waals surface area contributed by atoms with Gasteiger partial charge in [-0.25, -0.2) is 0 Å². The highest BCUT2D eigenvalue weighted by Gasteiger charge is 2.33. The van der Waals surface area contributed by atoms with E-state index in [1.807, 2.05) is 30.3 Å². The lowest BCUT2D eigenvalue weighted by atomic mass is 9.97. The Morgan fingerprint density at radius 1 is 0.841 bits per heavy atom. The Morgan fingerprint density at radius 2 is 1.50 bits per heavy atom. The Kier molecular flexibility index (Phi) is 7.99. The third-order valence-corrected chi connectivity index (χ3v) is 10.0. The van der Waals surface area contributed by atoms with Crippen molar-refractivity contribution in [3.63, 3.8) is 0 Å². The molecule has 226 valence electrons. The summed E-state index contributed by atoms with van der Waals surface area (Å²) in [6.07, 6.45) is 0.834. The maximum Gasteiger partial charge on any atom is 0.118 e. The Hall–Kier alpha value is -3.95. The van der Waals surface area contributed by atoms with Crippen LogP contribution < -0.4 is 9.47 Å². The molecule has 0 atom stereocenters. The fourth-order valence-electron chi connectivity index (χ4n) is 6.52. The summed E-state index contributed by atoms with van der Waals surface area (Å²) >= 11 is 1.61. The van der Waals surface area contributed by atoms with Gasteiger partial charge in [0.25, 0.3) is 0 Å². The van der Waals surface area contributed by atoms with Crippen LogP contribution >= 0.6 is 11.3 Å². The van der Waals surface area contributed by atoms with Gasteiger partial charge in [0.2, 0.25) is 0 Å². The van der Waals surface area contributed by atoms with E-state index in [4.69, 9.17) is 14.6 Å². The van der Waals surface area contributed by atoms with Crippen molar-refractivity contribution in [2.24, 2.45) is 0 Å². The molecule has 0 bridgehead atoms. The van der Waals surface area contributed by atoms with Gasteiger partial charge in [-0.3, -0.25) is 9.58 Å². The summed E-state index contributed by atoms with van der Waals surface area (Å²) < 4.78 is 13.2. The Bertz CT molecular complexity index is 1700. The van der Waals surface area contributed by atoms with Gasteiger partial charge in [0.1, 0.15) is 23.2 Å². The molecule has 3 heterocycles. The molecule has 8 heteroatoms. The van der Waals surface area contributed by atoms with E-state index in [9.17, 15) is 5.11 Å². The standard InChI is InChI=1S/C36H38N4O3S/c1-38-16-18-39(19-17-38)22-24-4-14-31-27(20-24)21-32-34(33-15-13-30(23-41)44-33)37-40(36(31)32)35(25-5-9-28(42-2)10-6-25)26-7-11-29(43-3)12-8-26/h4-15,20,35,41H,16-19,21-23H2,1-3H3. The van der Waals surface area contributed by atoms with E-state index in [1.54, 1.807) is 25.6 Å². The highest BCUT2D eigenvalue weighted by atomic mass is 32.1.